The summed E-state index contributed by atoms with van der Waals surface area (Å²) in [6.45, 7) is 2.12. The van der Waals surface area contributed by atoms with Crippen LogP contribution in [0.2, 0.25) is 0 Å². The first-order valence-corrected chi connectivity index (χ1v) is 13.0. The van der Waals surface area contributed by atoms with Crippen LogP contribution in [0.3, 0.4) is 0 Å². The highest BCUT2D eigenvalue weighted by Crippen LogP contribution is 2.50. The second-order valence-electron chi connectivity index (χ2n) is 9.16. The number of sulfonamides is 1. The van der Waals surface area contributed by atoms with Gasteiger partial charge in [-0.25, -0.2) is 17.5 Å². The largest absolute Gasteiger partial charge is 0.495 e. The summed E-state index contributed by atoms with van der Waals surface area (Å²) in [7, 11) is -2.09. The molecule has 1 aliphatic carbocycles. The Kier molecular flexibility index (Phi) is 5.79. The summed E-state index contributed by atoms with van der Waals surface area (Å²) in [6.07, 6.45) is 5.17. The third-order valence-corrected chi connectivity index (χ3v) is 8.42. The lowest BCUT2D eigenvalue weighted by molar-refractivity contribution is 0.412. The number of fused-ring (bicyclic) bond motifs is 1. The Morgan fingerprint density at radius 3 is 2.55 bits per heavy atom. The van der Waals surface area contributed by atoms with E-state index in [9.17, 15) is 12.8 Å². The molecule has 1 aliphatic heterocycles. The predicted molar refractivity (Wildman–Crippen MR) is 129 cm³/mol. The van der Waals surface area contributed by atoms with Crippen LogP contribution >= 0.6 is 0 Å². The molecule has 5 nitrogen and oxygen atoms in total. The molecule has 0 bridgehead atoms. The Balaban J connectivity index is 1.40. The van der Waals surface area contributed by atoms with Crippen molar-refractivity contribution in [1.29, 1.82) is 0 Å². The zero-order chi connectivity index (χ0) is 23.1. The van der Waals surface area contributed by atoms with Crippen molar-refractivity contribution in [2.24, 2.45) is 0 Å². The minimum absolute atomic E-state index is 0.250. The number of nitrogens with one attached hydrogen (secondary N) is 1. The van der Waals surface area contributed by atoms with E-state index in [0.717, 1.165) is 60.8 Å². The van der Waals surface area contributed by atoms with Crippen molar-refractivity contribution in [2.75, 3.05) is 31.6 Å². The summed E-state index contributed by atoms with van der Waals surface area (Å²) in [4.78, 5) is 2.46. The fraction of sp³-hybridized carbons (Fsp3) is 0.385. The van der Waals surface area contributed by atoms with Crippen LogP contribution in [-0.4, -0.2) is 35.2 Å². The maximum atomic E-state index is 13.7. The zero-order valence-electron chi connectivity index (χ0n) is 18.8. The van der Waals surface area contributed by atoms with Crippen LogP contribution in [0.25, 0.3) is 10.8 Å². The van der Waals surface area contributed by atoms with Crippen LogP contribution < -0.4 is 14.4 Å². The number of ether oxygens (including phenoxy) is 1. The molecule has 3 aromatic carbocycles. The lowest BCUT2D eigenvalue weighted by Gasteiger charge is -2.30. The number of rotatable bonds is 7. The molecular formula is C26H29FN2O3S. The van der Waals surface area contributed by atoms with Crippen molar-refractivity contribution in [2.45, 2.75) is 42.4 Å². The van der Waals surface area contributed by atoms with Crippen LogP contribution in [0.5, 0.6) is 5.75 Å². The summed E-state index contributed by atoms with van der Waals surface area (Å²) in [5.41, 5.74) is 1.65. The van der Waals surface area contributed by atoms with Gasteiger partial charge in [0.2, 0.25) is 10.0 Å². The van der Waals surface area contributed by atoms with Crippen molar-refractivity contribution in [3.63, 3.8) is 0 Å². The van der Waals surface area contributed by atoms with Gasteiger partial charge in [0.05, 0.1) is 17.7 Å². The molecule has 0 atom stereocenters. The van der Waals surface area contributed by atoms with E-state index < -0.39 is 10.0 Å². The first-order chi connectivity index (χ1) is 15.9. The number of benzene rings is 3. The van der Waals surface area contributed by atoms with Gasteiger partial charge < -0.3 is 9.64 Å². The minimum atomic E-state index is -3.70. The van der Waals surface area contributed by atoms with E-state index in [1.165, 1.54) is 18.6 Å². The summed E-state index contributed by atoms with van der Waals surface area (Å²) >= 11 is 0. The van der Waals surface area contributed by atoms with Gasteiger partial charge in [0.25, 0.3) is 0 Å². The van der Waals surface area contributed by atoms with Crippen molar-refractivity contribution < 1.29 is 17.5 Å². The zero-order valence-corrected chi connectivity index (χ0v) is 19.6. The standard InChI is InChI=1S/C26H29FN2O3S/c1-32-25-11-9-21(17-24(25)29-14-3-2-4-15-29)33(30,31)28-18-26(12-13-26)23-7-5-6-19-16-20(27)8-10-22(19)23/h5-11,16-17,28H,2-4,12-15,18H2,1H3. The number of nitrogens with zero attached hydrogens (tertiary/aromatic N) is 1. The van der Waals surface area contributed by atoms with E-state index in [0.29, 0.717) is 12.3 Å². The van der Waals surface area contributed by atoms with Gasteiger partial charge in [-0.15, -0.1) is 0 Å². The normalized spacial score (nSPS) is 17.8. The predicted octanol–water partition coefficient (Wildman–Crippen LogP) is 4.99. The molecule has 1 saturated heterocycles. The van der Waals surface area contributed by atoms with Gasteiger partial charge in [-0.3, -0.25) is 0 Å². The number of hydrogen-bond acceptors (Lipinski definition) is 4. The van der Waals surface area contributed by atoms with Gasteiger partial charge >= 0.3 is 0 Å². The number of hydrogen-bond donors (Lipinski definition) is 1. The number of methoxy groups -OCH3 is 1. The summed E-state index contributed by atoms with van der Waals surface area (Å²) in [5.74, 6) is 0.423. The van der Waals surface area contributed by atoms with Crippen LogP contribution in [0.1, 0.15) is 37.7 Å². The van der Waals surface area contributed by atoms with Crippen molar-refractivity contribution in [3.05, 3.63) is 66.0 Å². The molecule has 0 unspecified atom stereocenters. The molecule has 0 radical (unpaired) electrons. The fourth-order valence-corrected chi connectivity index (χ4v) is 6.09. The van der Waals surface area contributed by atoms with E-state index in [4.69, 9.17) is 4.74 Å². The average molecular weight is 469 g/mol. The smallest absolute Gasteiger partial charge is 0.240 e. The lowest BCUT2D eigenvalue weighted by Crippen LogP contribution is -2.33. The Hall–Kier alpha value is -2.64. The molecule has 2 fully saturated rings. The average Bonchev–Trinajstić information content (AvgIpc) is 3.63. The van der Waals surface area contributed by atoms with E-state index >= 15 is 0 Å². The highest BCUT2D eigenvalue weighted by atomic mass is 32.2. The highest BCUT2D eigenvalue weighted by Gasteiger charge is 2.45. The minimum Gasteiger partial charge on any atom is -0.495 e. The number of halogens is 1. The molecule has 0 amide bonds. The molecule has 7 heteroatoms. The lowest BCUT2D eigenvalue weighted by atomic mass is 9.91. The van der Waals surface area contributed by atoms with E-state index in [-0.39, 0.29) is 16.1 Å². The summed E-state index contributed by atoms with van der Waals surface area (Å²) in [6, 6.07) is 15.7. The topological polar surface area (TPSA) is 58.6 Å². The first kappa shape index (κ1) is 22.2. The monoisotopic (exact) mass is 468 g/mol. The third kappa shape index (κ3) is 4.32. The van der Waals surface area contributed by atoms with Gasteiger partial charge in [0, 0.05) is 25.0 Å². The number of piperidine rings is 1. The Labute approximate surface area is 194 Å². The summed E-state index contributed by atoms with van der Waals surface area (Å²) < 4.78 is 48.6. The van der Waals surface area contributed by atoms with E-state index in [1.54, 1.807) is 31.4 Å². The second kappa shape index (κ2) is 8.61. The molecule has 174 valence electrons. The molecule has 1 N–H and O–H groups in total. The van der Waals surface area contributed by atoms with Gasteiger partial charge in [0.1, 0.15) is 11.6 Å². The second-order valence-corrected chi connectivity index (χ2v) is 10.9. The molecule has 0 aromatic heterocycles. The molecule has 33 heavy (non-hydrogen) atoms. The van der Waals surface area contributed by atoms with Crippen molar-refractivity contribution in [3.8, 4) is 5.75 Å². The summed E-state index contributed by atoms with van der Waals surface area (Å²) in [5, 5.41) is 1.82. The van der Waals surface area contributed by atoms with Crippen LogP contribution in [-0.2, 0) is 15.4 Å². The molecule has 1 heterocycles. The van der Waals surface area contributed by atoms with Crippen molar-refractivity contribution >= 4 is 26.5 Å². The first-order valence-electron chi connectivity index (χ1n) is 11.5. The number of anilines is 1. The van der Waals surface area contributed by atoms with Crippen LogP contribution in [0.15, 0.2) is 59.5 Å². The maximum Gasteiger partial charge on any atom is 0.240 e. The Morgan fingerprint density at radius 2 is 1.82 bits per heavy atom. The molecule has 1 saturated carbocycles. The molecule has 3 aromatic rings. The SMILES string of the molecule is COc1ccc(S(=O)(=O)NCC2(c3cccc4cc(F)ccc34)CC2)cc1N1CCCCC1. The quantitative estimate of drug-likeness (QED) is 0.531. The molecular weight excluding hydrogens is 439 g/mol. The molecule has 0 spiro atoms. The Morgan fingerprint density at radius 1 is 1.03 bits per heavy atom. The molecule has 5 rings (SSSR count). The van der Waals surface area contributed by atoms with Crippen LogP contribution in [0.4, 0.5) is 10.1 Å². The molecule has 2 aliphatic rings. The van der Waals surface area contributed by atoms with Gasteiger partial charge in [-0.05, 0) is 78.8 Å². The highest BCUT2D eigenvalue weighted by molar-refractivity contribution is 7.89. The third-order valence-electron chi connectivity index (χ3n) is 7.03. The van der Waals surface area contributed by atoms with E-state index in [2.05, 4.69) is 9.62 Å². The fourth-order valence-electron chi connectivity index (χ4n) is 4.94. The Bertz CT molecular complexity index is 1280. The van der Waals surface area contributed by atoms with Gasteiger partial charge in [0.15, 0.2) is 0 Å². The van der Waals surface area contributed by atoms with Gasteiger partial charge in [-0.2, -0.15) is 0 Å². The van der Waals surface area contributed by atoms with Crippen molar-refractivity contribution in [1.82, 2.24) is 4.72 Å². The maximum absolute atomic E-state index is 13.7. The van der Waals surface area contributed by atoms with Gasteiger partial charge in [-0.1, -0.05) is 24.3 Å². The van der Waals surface area contributed by atoms with E-state index in [1.807, 2.05) is 18.2 Å². The van der Waals surface area contributed by atoms with Crippen LogP contribution in [0, 0.1) is 5.82 Å².